The molecule has 0 aromatic heterocycles. The molecule has 3 rings (SSSR count). The van der Waals surface area contributed by atoms with Gasteiger partial charge >= 0.3 is 0 Å². The largest absolute Gasteiger partial charge is 0.381 e. The molecular formula is C11H20O2. The van der Waals surface area contributed by atoms with Crippen molar-refractivity contribution < 1.29 is 9.47 Å². The third kappa shape index (κ3) is 2.05. The van der Waals surface area contributed by atoms with E-state index in [0.29, 0.717) is 6.10 Å². The van der Waals surface area contributed by atoms with Gasteiger partial charge in [-0.15, -0.1) is 0 Å². The number of rotatable bonds is 1. The Kier molecular flexibility index (Phi) is 2.89. The Morgan fingerprint density at radius 3 is 2.08 bits per heavy atom. The van der Waals surface area contributed by atoms with Crippen molar-refractivity contribution in [2.45, 2.75) is 32.3 Å². The van der Waals surface area contributed by atoms with Gasteiger partial charge in [-0.05, 0) is 37.0 Å². The molecule has 0 amide bonds. The molecule has 2 aliphatic carbocycles. The van der Waals surface area contributed by atoms with Crippen LogP contribution in [0.1, 0.15) is 26.2 Å². The first kappa shape index (κ1) is 9.47. The molecule has 3 fully saturated rings. The minimum absolute atomic E-state index is 0.596. The monoisotopic (exact) mass is 184 g/mol. The molecular weight excluding hydrogens is 164 g/mol. The molecule has 1 saturated heterocycles. The molecule has 1 aliphatic heterocycles. The maximum atomic E-state index is 5.46. The zero-order valence-electron chi connectivity index (χ0n) is 8.66. The molecule has 0 N–H and O–H groups in total. The Hall–Kier alpha value is -0.0800. The van der Waals surface area contributed by atoms with Crippen LogP contribution in [0.4, 0.5) is 0 Å². The Morgan fingerprint density at radius 1 is 1.15 bits per heavy atom. The summed E-state index contributed by atoms with van der Waals surface area (Å²) >= 11 is 0. The minimum atomic E-state index is 0.596. The molecule has 1 heterocycles. The van der Waals surface area contributed by atoms with Crippen molar-refractivity contribution >= 4 is 0 Å². The van der Waals surface area contributed by atoms with Crippen molar-refractivity contribution in [2.75, 3.05) is 20.3 Å². The van der Waals surface area contributed by atoms with Gasteiger partial charge in [0.15, 0.2) is 0 Å². The molecule has 4 atom stereocenters. The Labute approximate surface area is 80.6 Å². The minimum Gasteiger partial charge on any atom is -0.381 e. The van der Waals surface area contributed by atoms with Crippen LogP contribution in [0.25, 0.3) is 0 Å². The SMILES string of the molecule is C1CO1.COC1C2CCC(C2)C1C. The van der Waals surface area contributed by atoms with Crippen LogP contribution in [0.5, 0.6) is 0 Å². The average molecular weight is 184 g/mol. The van der Waals surface area contributed by atoms with E-state index in [1.165, 1.54) is 19.3 Å². The van der Waals surface area contributed by atoms with Crippen LogP contribution in [0, 0.1) is 17.8 Å². The highest BCUT2D eigenvalue weighted by molar-refractivity contribution is 4.95. The van der Waals surface area contributed by atoms with Gasteiger partial charge in [-0.25, -0.2) is 0 Å². The van der Waals surface area contributed by atoms with Crippen LogP contribution >= 0.6 is 0 Å². The van der Waals surface area contributed by atoms with Crippen LogP contribution in [0.2, 0.25) is 0 Å². The molecule has 0 spiro atoms. The predicted molar refractivity (Wildman–Crippen MR) is 51.6 cm³/mol. The number of epoxide rings is 1. The highest BCUT2D eigenvalue weighted by atomic mass is 16.6. The summed E-state index contributed by atoms with van der Waals surface area (Å²) in [5.41, 5.74) is 0. The van der Waals surface area contributed by atoms with E-state index in [0.717, 1.165) is 31.0 Å². The standard InChI is InChI=1S/C9H16O.C2H4O/c1-6-7-3-4-8(5-7)9(6)10-2;1-2-3-1/h6-9H,3-5H2,1-2H3;1-2H2. The second-order valence-electron chi connectivity index (χ2n) is 4.51. The molecule has 0 radical (unpaired) electrons. The zero-order valence-corrected chi connectivity index (χ0v) is 8.66. The summed E-state index contributed by atoms with van der Waals surface area (Å²) < 4.78 is 9.96. The van der Waals surface area contributed by atoms with Gasteiger partial charge in [0.1, 0.15) is 0 Å². The normalized spacial score (nSPS) is 45.7. The van der Waals surface area contributed by atoms with E-state index >= 15 is 0 Å². The molecule has 0 aromatic rings. The van der Waals surface area contributed by atoms with Gasteiger partial charge in [0.25, 0.3) is 0 Å². The van der Waals surface area contributed by atoms with Gasteiger partial charge in [-0.2, -0.15) is 0 Å². The molecule has 4 unspecified atom stereocenters. The Morgan fingerprint density at radius 2 is 1.77 bits per heavy atom. The van der Waals surface area contributed by atoms with Crippen molar-refractivity contribution in [1.29, 1.82) is 0 Å². The molecule has 2 heteroatoms. The van der Waals surface area contributed by atoms with Crippen LogP contribution in [0.3, 0.4) is 0 Å². The second-order valence-corrected chi connectivity index (χ2v) is 4.51. The molecule has 76 valence electrons. The maximum absolute atomic E-state index is 5.46. The Bertz CT molecular complexity index is 163. The fourth-order valence-electron chi connectivity index (χ4n) is 2.93. The first-order valence-electron chi connectivity index (χ1n) is 5.43. The number of methoxy groups -OCH3 is 1. The topological polar surface area (TPSA) is 21.8 Å². The fraction of sp³-hybridized carbons (Fsp3) is 1.00. The highest BCUT2D eigenvalue weighted by Gasteiger charge is 2.45. The predicted octanol–water partition coefficient (Wildman–Crippen LogP) is 2.08. The zero-order chi connectivity index (χ0) is 9.26. The first-order chi connectivity index (χ1) is 6.33. The summed E-state index contributed by atoms with van der Waals surface area (Å²) in [6.45, 7) is 4.35. The van der Waals surface area contributed by atoms with E-state index in [9.17, 15) is 0 Å². The first-order valence-corrected chi connectivity index (χ1v) is 5.43. The van der Waals surface area contributed by atoms with Gasteiger partial charge in [-0.1, -0.05) is 6.92 Å². The summed E-state index contributed by atoms with van der Waals surface area (Å²) in [5, 5.41) is 0. The van der Waals surface area contributed by atoms with E-state index in [1.807, 2.05) is 7.11 Å². The van der Waals surface area contributed by atoms with Crippen molar-refractivity contribution in [3.8, 4) is 0 Å². The number of ether oxygens (including phenoxy) is 2. The molecule has 2 nitrogen and oxygen atoms in total. The lowest BCUT2D eigenvalue weighted by molar-refractivity contribution is 0.0209. The van der Waals surface area contributed by atoms with Crippen molar-refractivity contribution in [2.24, 2.45) is 17.8 Å². The highest BCUT2D eigenvalue weighted by Crippen LogP contribution is 2.49. The number of hydrogen-bond donors (Lipinski definition) is 0. The quantitative estimate of drug-likeness (QED) is 0.582. The molecule has 2 bridgehead atoms. The summed E-state index contributed by atoms with van der Waals surface area (Å²) in [6, 6.07) is 0. The lowest BCUT2D eigenvalue weighted by atomic mass is 9.88. The van der Waals surface area contributed by atoms with Crippen LogP contribution < -0.4 is 0 Å². The lowest BCUT2D eigenvalue weighted by Crippen LogP contribution is -2.26. The summed E-state index contributed by atoms with van der Waals surface area (Å²) in [5.74, 6) is 2.74. The summed E-state index contributed by atoms with van der Waals surface area (Å²) in [7, 11) is 1.86. The van der Waals surface area contributed by atoms with Crippen molar-refractivity contribution in [1.82, 2.24) is 0 Å². The van der Waals surface area contributed by atoms with Crippen LogP contribution in [-0.2, 0) is 9.47 Å². The number of hydrogen-bond acceptors (Lipinski definition) is 2. The third-order valence-corrected chi connectivity index (χ3v) is 3.72. The third-order valence-electron chi connectivity index (χ3n) is 3.72. The van der Waals surface area contributed by atoms with E-state index in [2.05, 4.69) is 11.7 Å². The lowest BCUT2D eigenvalue weighted by Gasteiger charge is -2.26. The van der Waals surface area contributed by atoms with Gasteiger partial charge in [0.2, 0.25) is 0 Å². The van der Waals surface area contributed by atoms with Crippen molar-refractivity contribution in [3.05, 3.63) is 0 Å². The average Bonchev–Trinajstić information content (AvgIpc) is 2.90. The van der Waals surface area contributed by atoms with Gasteiger partial charge < -0.3 is 9.47 Å². The van der Waals surface area contributed by atoms with Crippen LogP contribution in [0.15, 0.2) is 0 Å². The number of fused-ring (bicyclic) bond motifs is 2. The molecule has 2 saturated carbocycles. The van der Waals surface area contributed by atoms with Crippen molar-refractivity contribution in [3.63, 3.8) is 0 Å². The van der Waals surface area contributed by atoms with E-state index < -0.39 is 0 Å². The second kappa shape index (κ2) is 3.97. The summed E-state index contributed by atoms with van der Waals surface area (Å²) in [4.78, 5) is 0. The van der Waals surface area contributed by atoms with Crippen LogP contribution in [-0.4, -0.2) is 26.4 Å². The molecule has 13 heavy (non-hydrogen) atoms. The Balaban J connectivity index is 0.000000185. The smallest absolute Gasteiger partial charge is 0.0701 e. The molecule has 3 aliphatic rings. The van der Waals surface area contributed by atoms with E-state index in [1.54, 1.807) is 0 Å². The van der Waals surface area contributed by atoms with Gasteiger partial charge in [0.05, 0.1) is 19.3 Å². The van der Waals surface area contributed by atoms with Gasteiger partial charge in [-0.3, -0.25) is 0 Å². The van der Waals surface area contributed by atoms with E-state index in [4.69, 9.17) is 4.74 Å². The summed E-state index contributed by atoms with van der Waals surface area (Å²) in [6.07, 6.45) is 4.93. The fourth-order valence-corrected chi connectivity index (χ4v) is 2.93. The maximum Gasteiger partial charge on any atom is 0.0701 e. The van der Waals surface area contributed by atoms with E-state index in [-0.39, 0.29) is 0 Å². The van der Waals surface area contributed by atoms with Gasteiger partial charge in [0, 0.05) is 7.11 Å². The molecule has 0 aromatic carbocycles.